The van der Waals surface area contributed by atoms with Gasteiger partial charge < -0.3 is 20.3 Å². The van der Waals surface area contributed by atoms with Crippen molar-refractivity contribution in [3.63, 3.8) is 0 Å². The fraction of sp³-hybridized carbons (Fsp3) is 0.444. The summed E-state index contributed by atoms with van der Waals surface area (Å²) in [4.78, 5) is 34.0. The molecule has 3 N–H and O–H groups in total. The van der Waals surface area contributed by atoms with E-state index in [-0.39, 0.29) is 29.7 Å². The van der Waals surface area contributed by atoms with Crippen LogP contribution in [0.5, 0.6) is 0 Å². The molecule has 3 atom stereocenters. The Hall–Kier alpha value is -3.93. The molecule has 3 unspecified atom stereocenters. The summed E-state index contributed by atoms with van der Waals surface area (Å²) in [7, 11) is -3.63. The molecule has 2 aliphatic heterocycles. The van der Waals surface area contributed by atoms with Gasteiger partial charge >= 0.3 is 5.97 Å². The molecule has 0 radical (unpaired) electrons. The number of aryl methyl sites for hydroxylation is 1. The van der Waals surface area contributed by atoms with Gasteiger partial charge in [-0.3, -0.25) is 14.3 Å². The SMILES string of the molecule is Cc1cn2nc(C3CCCCN3C(=O)c3cc(Cl)ccc3NS(C)(=O)=O)cc2nc1N1CC(C#N)C(OC(=O)CN)C1. The van der Waals surface area contributed by atoms with E-state index in [2.05, 4.69) is 10.8 Å². The number of carbonyl (C=O) groups excluding carboxylic acids is 2. The van der Waals surface area contributed by atoms with Gasteiger partial charge in [0.1, 0.15) is 17.8 Å². The Balaban J connectivity index is 1.44. The number of hydrogen-bond donors (Lipinski definition) is 2. The molecule has 222 valence electrons. The first-order valence-electron chi connectivity index (χ1n) is 13.5. The van der Waals surface area contributed by atoms with Crippen molar-refractivity contribution >= 4 is 50.7 Å². The van der Waals surface area contributed by atoms with Crippen LogP contribution in [0.15, 0.2) is 30.5 Å². The van der Waals surface area contributed by atoms with Crippen molar-refractivity contribution in [2.75, 3.05) is 42.1 Å². The van der Waals surface area contributed by atoms with E-state index in [9.17, 15) is 23.3 Å². The molecule has 0 spiro atoms. The van der Waals surface area contributed by atoms with Gasteiger partial charge in [-0.25, -0.2) is 17.9 Å². The fourth-order valence-corrected chi connectivity index (χ4v) is 6.28. The van der Waals surface area contributed by atoms with Crippen LogP contribution in [0.2, 0.25) is 5.02 Å². The third kappa shape index (κ3) is 6.13. The molecule has 5 rings (SSSR count). The second-order valence-electron chi connectivity index (χ2n) is 10.6. The van der Waals surface area contributed by atoms with Crippen LogP contribution in [0.4, 0.5) is 11.5 Å². The molecule has 0 saturated carbocycles. The number of nitrogens with two attached hydrogens (primary N) is 1. The second kappa shape index (κ2) is 11.7. The lowest BCUT2D eigenvalue weighted by molar-refractivity contribution is -0.147. The number of likely N-dealkylation sites (tertiary alicyclic amines) is 1. The van der Waals surface area contributed by atoms with Gasteiger partial charge in [0.25, 0.3) is 5.91 Å². The van der Waals surface area contributed by atoms with E-state index in [1.165, 1.54) is 18.2 Å². The maximum absolute atomic E-state index is 13.8. The highest BCUT2D eigenvalue weighted by Gasteiger charge is 2.37. The van der Waals surface area contributed by atoms with Crippen molar-refractivity contribution in [3.8, 4) is 6.07 Å². The first-order chi connectivity index (χ1) is 20.0. The Morgan fingerprint density at radius 3 is 2.76 bits per heavy atom. The maximum atomic E-state index is 13.8. The van der Waals surface area contributed by atoms with E-state index >= 15 is 0 Å². The highest BCUT2D eigenvalue weighted by molar-refractivity contribution is 7.92. The molecule has 3 aromatic rings. The van der Waals surface area contributed by atoms with Crippen LogP contribution >= 0.6 is 11.6 Å². The van der Waals surface area contributed by atoms with Crippen LogP contribution in [0.25, 0.3) is 5.65 Å². The minimum atomic E-state index is -3.63. The summed E-state index contributed by atoms with van der Waals surface area (Å²) in [5, 5.41) is 14.7. The highest BCUT2D eigenvalue weighted by atomic mass is 35.5. The van der Waals surface area contributed by atoms with Gasteiger partial charge in [0.15, 0.2) is 5.65 Å². The third-order valence-electron chi connectivity index (χ3n) is 7.42. The van der Waals surface area contributed by atoms with Gasteiger partial charge in [-0.15, -0.1) is 0 Å². The smallest absolute Gasteiger partial charge is 0.320 e. The van der Waals surface area contributed by atoms with Crippen molar-refractivity contribution < 1.29 is 22.7 Å². The van der Waals surface area contributed by atoms with Gasteiger partial charge in [-0.2, -0.15) is 10.4 Å². The zero-order chi connectivity index (χ0) is 30.2. The third-order valence-corrected chi connectivity index (χ3v) is 8.24. The van der Waals surface area contributed by atoms with E-state index < -0.39 is 28.0 Å². The molecule has 42 heavy (non-hydrogen) atoms. The first kappa shape index (κ1) is 29.6. The minimum absolute atomic E-state index is 0.157. The number of benzene rings is 1. The number of ether oxygens (including phenoxy) is 1. The number of nitriles is 1. The van der Waals surface area contributed by atoms with E-state index in [1.807, 2.05) is 24.1 Å². The monoisotopic (exact) mass is 614 g/mol. The molecule has 1 amide bonds. The zero-order valence-corrected chi connectivity index (χ0v) is 24.7. The summed E-state index contributed by atoms with van der Waals surface area (Å²) in [6.07, 6.45) is 4.59. The summed E-state index contributed by atoms with van der Waals surface area (Å²) < 4.78 is 33.4. The molecule has 2 aliphatic rings. The van der Waals surface area contributed by atoms with Crippen LogP contribution in [-0.4, -0.2) is 78.3 Å². The molecule has 2 aromatic heterocycles. The van der Waals surface area contributed by atoms with Crippen LogP contribution in [0.1, 0.15) is 46.9 Å². The second-order valence-corrected chi connectivity index (χ2v) is 12.8. The quantitative estimate of drug-likeness (QED) is 0.375. The molecule has 4 heterocycles. The minimum Gasteiger partial charge on any atom is -0.458 e. The lowest BCUT2D eigenvalue weighted by Gasteiger charge is -2.35. The molecule has 0 bridgehead atoms. The van der Waals surface area contributed by atoms with E-state index in [1.54, 1.807) is 9.42 Å². The number of fused-ring (bicyclic) bond motifs is 1. The number of halogens is 1. The fourth-order valence-electron chi connectivity index (χ4n) is 5.53. The van der Waals surface area contributed by atoms with Gasteiger partial charge in [0.2, 0.25) is 10.0 Å². The number of hydrogen-bond acceptors (Lipinski definition) is 10. The summed E-state index contributed by atoms with van der Waals surface area (Å²) in [6.45, 7) is 2.74. The van der Waals surface area contributed by atoms with Crippen molar-refractivity contribution in [3.05, 3.63) is 52.3 Å². The van der Waals surface area contributed by atoms with Gasteiger partial charge in [0, 0.05) is 35.9 Å². The molecule has 2 fully saturated rings. The van der Waals surface area contributed by atoms with E-state index in [0.717, 1.165) is 24.7 Å². The number of anilines is 2. The summed E-state index contributed by atoms with van der Waals surface area (Å²) in [5.74, 6) is -0.791. The van der Waals surface area contributed by atoms with Crippen LogP contribution in [0.3, 0.4) is 0 Å². The van der Waals surface area contributed by atoms with Crippen LogP contribution in [-0.2, 0) is 19.6 Å². The average Bonchev–Trinajstić information content (AvgIpc) is 3.55. The van der Waals surface area contributed by atoms with E-state index in [0.29, 0.717) is 48.2 Å². The van der Waals surface area contributed by atoms with Crippen molar-refractivity contribution in [1.29, 1.82) is 5.26 Å². The Labute approximate surface area is 248 Å². The average molecular weight is 615 g/mol. The maximum Gasteiger partial charge on any atom is 0.320 e. The van der Waals surface area contributed by atoms with Crippen molar-refractivity contribution in [2.24, 2.45) is 11.7 Å². The van der Waals surface area contributed by atoms with Crippen LogP contribution < -0.4 is 15.4 Å². The highest BCUT2D eigenvalue weighted by Crippen LogP contribution is 2.35. The standard InChI is InChI=1S/C27H31ClN8O5S/c1-16-13-36-24(31-26(16)34-14-17(11-29)23(15-34)41-25(37)12-30)10-21(32-36)22-5-3-4-8-35(22)27(38)19-9-18(28)6-7-20(19)33-42(2,39)40/h6-7,9-10,13,17,22-23,33H,3-5,8,12,14-15,30H2,1-2H3. The van der Waals surface area contributed by atoms with Crippen molar-refractivity contribution in [2.45, 2.75) is 38.3 Å². The Bertz CT molecular complexity index is 1690. The number of piperidine rings is 1. The lowest BCUT2D eigenvalue weighted by Crippen LogP contribution is -2.39. The molecule has 2 saturated heterocycles. The topological polar surface area (TPSA) is 176 Å². The Morgan fingerprint density at radius 1 is 1.26 bits per heavy atom. The number of nitrogens with one attached hydrogen (secondary N) is 1. The Morgan fingerprint density at radius 2 is 2.05 bits per heavy atom. The number of esters is 1. The number of nitrogens with zero attached hydrogens (tertiary/aromatic N) is 6. The van der Waals surface area contributed by atoms with Gasteiger partial charge in [-0.05, 0) is 44.4 Å². The molecular weight excluding hydrogens is 584 g/mol. The van der Waals surface area contributed by atoms with Crippen molar-refractivity contribution in [1.82, 2.24) is 19.5 Å². The number of amides is 1. The lowest BCUT2D eigenvalue weighted by atomic mass is 9.98. The number of aromatic nitrogens is 3. The molecular formula is C27H31ClN8O5S. The molecule has 0 aliphatic carbocycles. The van der Waals surface area contributed by atoms with Gasteiger partial charge in [-0.1, -0.05) is 11.6 Å². The first-order valence-corrected chi connectivity index (χ1v) is 15.7. The molecule has 13 nitrogen and oxygen atoms in total. The Kier molecular flexibility index (Phi) is 8.27. The normalized spacial score (nSPS) is 20.9. The predicted molar refractivity (Wildman–Crippen MR) is 156 cm³/mol. The summed E-state index contributed by atoms with van der Waals surface area (Å²) in [5.41, 5.74) is 7.72. The number of rotatable bonds is 7. The predicted octanol–water partition coefficient (Wildman–Crippen LogP) is 2.26. The number of carbonyl (C=O) groups is 2. The summed E-state index contributed by atoms with van der Waals surface area (Å²) in [6, 6.07) is 8.14. The molecule has 1 aromatic carbocycles. The number of sulfonamides is 1. The molecule has 15 heteroatoms. The van der Waals surface area contributed by atoms with Gasteiger partial charge in [0.05, 0.1) is 48.4 Å². The van der Waals surface area contributed by atoms with E-state index in [4.69, 9.17) is 32.2 Å². The van der Waals surface area contributed by atoms with Crippen LogP contribution in [0, 0.1) is 24.2 Å². The largest absolute Gasteiger partial charge is 0.458 e. The zero-order valence-electron chi connectivity index (χ0n) is 23.2. The summed E-state index contributed by atoms with van der Waals surface area (Å²) >= 11 is 6.20.